The van der Waals surface area contributed by atoms with Crippen molar-refractivity contribution < 1.29 is 39.3 Å². The minimum atomic E-state index is -0.736. The quantitative estimate of drug-likeness (QED) is 0.0533. The minimum Gasteiger partial charge on any atom is -0.483 e. The summed E-state index contributed by atoms with van der Waals surface area (Å²) in [5.41, 5.74) is 3.13. The van der Waals surface area contributed by atoms with E-state index in [1.54, 1.807) is 37.8 Å². The number of carboxylic acid groups (broad SMARTS) is 1. The molecule has 0 spiro atoms. The molecule has 0 radical (unpaired) electrons. The highest BCUT2D eigenvalue weighted by molar-refractivity contribution is 7.17. The van der Waals surface area contributed by atoms with Crippen LogP contribution in [0.25, 0.3) is 0 Å². The third-order valence-electron chi connectivity index (χ3n) is 8.72. The van der Waals surface area contributed by atoms with Crippen molar-refractivity contribution in [3.8, 4) is 11.8 Å². The van der Waals surface area contributed by atoms with Gasteiger partial charge < -0.3 is 36.2 Å². The first-order chi connectivity index (χ1) is 29.3. The Kier molecular flexibility index (Phi) is 29.8. The molecule has 4 amide bonds. The van der Waals surface area contributed by atoms with E-state index in [9.17, 15) is 19.2 Å². The number of nitrogens with one attached hydrogen (secondary N) is 5. The molecule has 2 aromatic rings. The number of aliphatic imine (C=N–C) groups is 1. The summed E-state index contributed by atoms with van der Waals surface area (Å²) >= 11 is 7.62. The van der Waals surface area contributed by atoms with Crippen molar-refractivity contribution in [2.24, 2.45) is 10.4 Å². The highest BCUT2D eigenvalue weighted by Gasteiger charge is 2.38. The number of halogens is 1. The fourth-order valence-electron chi connectivity index (χ4n) is 5.73. The van der Waals surface area contributed by atoms with Gasteiger partial charge in [0.1, 0.15) is 35.4 Å². The van der Waals surface area contributed by atoms with Gasteiger partial charge in [-0.2, -0.15) is 0 Å². The molecule has 18 heteroatoms. The predicted molar refractivity (Wildman–Crippen MR) is 251 cm³/mol. The molecule has 62 heavy (non-hydrogen) atoms. The Morgan fingerprint density at radius 3 is 2.10 bits per heavy atom. The molecule has 4 rings (SSSR count). The molecule has 0 aliphatic carbocycles. The molecular formula is C44H67ClN8O8S. The van der Waals surface area contributed by atoms with Crippen LogP contribution in [0.2, 0.25) is 5.02 Å². The SMILES string of the molecule is C=C.CC#CCNC(=O)C[C@@H]1N=C(c2ccc(Cl)cc2)c2c(sc(C)c2C)N(C(C)=N)C1=N.CC1CCCN1C(=O)C(NC(=O)CO)C(C)(C)C.CCNC=O.CCO.O=CO. The van der Waals surface area contributed by atoms with E-state index in [0.717, 1.165) is 52.5 Å². The first-order valence-electron chi connectivity index (χ1n) is 19.9. The number of thiophene rings is 1. The second-order valence-electron chi connectivity index (χ2n) is 14.3. The number of carbonyl (C=O) groups is 5. The summed E-state index contributed by atoms with van der Waals surface area (Å²) in [7, 11) is 0. The van der Waals surface area contributed by atoms with Crippen molar-refractivity contribution in [2.45, 2.75) is 107 Å². The normalized spacial score (nSPS) is 15.1. The molecule has 1 aromatic carbocycles. The number of amides is 4. The number of fused-ring (bicyclic) bond motifs is 1. The molecule has 3 atom stereocenters. The zero-order valence-corrected chi connectivity index (χ0v) is 39.4. The zero-order chi connectivity index (χ0) is 48.2. The van der Waals surface area contributed by atoms with Crippen LogP contribution >= 0.6 is 22.9 Å². The number of aryl methyl sites for hydroxylation is 1. The molecule has 2 unspecified atom stereocenters. The smallest absolute Gasteiger partial charge is 0.290 e. The number of benzene rings is 1. The Morgan fingerprint density at radius 2 is 1.68 bits per heavy atom. The summed E-state index contributed by atoms with van der Waals surface area (Å²) in [6.07, 6.45) is 2.70. The Morgan fingerprint density at radius 1 is 1.11 bits per heavy atom. The van der Waals surface area contributed by atoms with Gasteiger partial charge in [-0.1, -0.05) is 50.4 Å². The molecule has 1 fully saturated rings. The lowest BCUT2D eigenvalue weighted by Crippen LogP contribution is -2.55. The summed E-state index contributed by atoms with van der Waals surface area (Å²) in [5.74, 6) is 5.07. The van der Waals surface area contributed by atoms with E-state index in [0.29, 0.717) is 17.1 Å². The molecule has 0 saturated carbocycles. The molecule has 1 saturated heterocycles. The number of hydrogen-bond acceptors (Lipinski definition) is 11. The first-order valence-corrected chi connectivity index (χ1v) is 21.1. The molecule has 3 heterocycles. The first kappa shape index (κ1) is 58.7. The van der Waals surface area contributed by atoms with Crippen LogP contribution in [0.1, 0.15) is 96.2 Å². The van der Waals surface area contributed by atoms with Crippen molar-refractivity contribution in [3.05, 3.63) is 64.0 Å². The van der Waals surface area contributed by atoms with E-state index < -0.39 is 24.6 Å². The van der Waals surface area contributed by atoms with E-state index in [1.807, 2.05) is 65.5 Å². The minimum absolute atomic E-state index is 0.00192. The van der Waals surface area contributed by atoms with Crippen molar-refractivity contribution in [2.75, 3.05) is 37.7 Å². The number of aliphatic hydroxyl groups excluding tert-OH is 2. The van der Waals surface area contributed by atoms with E-state index in [4.69, 9.17) is 47.5 Å². The van der Waals surface area contributed by atoms with Gasteiger partial charge in [0.15, 0.2) is 0 Å². The number of aliphatic hydroxyl groups is 2. The molecular weight excluding hydrogens is 836 g/mol. The summed E-state index contributed by atoms with van der Waals surface area (Å²) in [6, 6.07) is 6.29. The van der Waals surface area contributed by atoms with Crippen LogP contribution < -0.4 is 20.9 Å². The van der Waals surface area contributed by atoms with Crippen molar-refractivity contribution >= 4 is 75.9 Å². The van der Waals surface area contributed by atoms with Gasteiger partial charge in [0.25, 0.3) is 6.47 Å². The third kappa shape index (κ3) is 19.5. The highest BCUT2D eigenvalue weighted by atomic mass is 35.5. The second-order valence-corrected chi connectivity index (χ2v) is 16.0. The van der Waals surface area contributed by atoms with E-state index in [2.05, 4.69) is 40.9 Å². The Bertz CT molecular complexity index is 1850. The fourth-order valence-corrected chi connectivity index (χ4v) is 7.08. The van der Waals surface area contributed by atoms with Crippen LogP contribution in [0, 0.1) is 41.9 Å². The van der Waals surface area contributed by atoms with Gasteiger partial charge in [-0.3, -0.25) is 44.7 Å². The summed E-state index contributed by atoms with van der Waals surface area (Å²) in [4.78, 5) is 63.4. The van der Waals surface area contributed by atoms with Gasteiger partial charge >= 0.3 is 0 Å². The lowest BCUT2D eigenvalue weighted by atomic mass is 9.85. The van der Waals surface area contributed by atoms with Gasteiger partial charge in [-0.05, 0) is 84.4 Å². The van der Waals surface area contributed by atoms with Gasteiger partial charge in [-0.15, -0.1) is 30.4 Å². The standard InChI is InChI=1S/C23H24ClN5OS.C13H24N2O3.C3H7NO.C2H6O.C2H4.CH2O2/c1-5-6-11-27-19(30)12-18-22(26)29(15(4)25)23-20(13(2)14(3)31-23)21(28-18)16-7-9-17(24)10-8-16;1-9-6-5-7-15(9)12(18)11(13(2,3)4)14-10(17)8-16;1-2-4-3-5;1-2-3;1-2;2-1-3/h7-10,18,25-26H,11-12H2,1-4H3,(H,27,30);9,11,16H,5-8H2,1-4H3,(H,14,17);3H,2H2,1H3,(H,4,5);3H,2H2,1H3;1-2H2;1H,(H,2,3)/t18-;;;;;/m0...../s1. The lowest BCUT2D eigenvalue weighted by molar-refractivity contribution is -0.140. The second kappa shape index (κ2) is 31.4. The topological polar surface area (TPSA) is 249 Å². The van der Waals surface area contributed by atoms with Crippen LogP contribution in [-0.2, 0) is 24.0 Å². The average Bonchev–Trinajstić information content (AvgIpc) is 3.74. The molecule has 2 aliphatic heterocycles. The molecule has 344 valence electrons. The summed E-state index contributed by atoms with van der Waals surface area (Å²) in [5, 5.41) is 49.6. The molecule has 2 aliphatic rings. The number of likely N-dealkylation sites (tertiary alicyclic amines) is 1. The third-order valence-corrected chi connectivity index (χ3v) is 10.2. The maximum Gasteiger partial charge on any atom is 0.290 e. The van der Waals surface area contributed by atoms with Crippen molar-refractivity contribution in [3.63, 3.8) is 0 Å². The zero-order valence-electron chi connectivity index (χ0n) is 37.8. The number of anilines is 1. The number of carbonyl (C=O) groups excluding carboxylic acids is 4. The summed E-state index contributed by atoms with van der Waals surface area (Å²) in [6.45, 7) is 25.8. The number of nitrogens with zero attached hydrogens (tertiary/aromatic N) is 3. The van der Waals surface area contributed by atoms with Gasteiger partial charge in [-0.25, -0.2) is 0 Å². The van der Waals surface area contributed by atoms with Crippen LogP contribution in [0.3, 0.4) is 0 Å². The lowest BCUT2D eigenvalue weighted by Gasteiger charge is -2.34. The van der Waals surface area contributed by atoms with Crippen LogP contribution in [0.4, 0.5) is 5.00 Å². The Balaban J connectivity index is 0. The van der Waals surface area contributed by atoms with E-state index in [-0.39, 0.29) is 61.0 Å². The molecule has 1 aromatic heterocycles. The van der Waals surface area contributed by atoms with Gasteiger partial charge in [0.05, 0.1) is 18.7 Å². The largest absolute Gasteiger partial charge is 0.483 e. The Hall–Kier alpha value is -5.41. The highest BCUT2D eigenvalue weighted by Crippen LogP contribution is 2.40. The van der Waals surface area contributed by atoms with Crippen molar-refractivity contribution in [1.82, 2.24) is 20.9 Å². The average molecular weight is 904 g/mol. The maximum atomic E-state index is 12.5. The molecule has 0 bridgehead atoms. The van der Waals surface area contributed by atoms with E-state index in [1.165, 1.54) is 11.3 Å². The monoisotopic (exact) mass is 902 g/mol. The number of amidine groups is 2. The fraction of sp³-hybridized carbons (Fsp3) is 0.500. The van der Waals surface area contributed by atoms with Crippen LogP contribution in [-0.4, -0.2) is 119 Å². The van der Waals surface area contributed by atoms with Crippen LogP contribution in [0.15, 0.2) is 42.4 Å². The molecule has 16 nitrogen and oxygen atoms in total. The van der Waals surface area contributed by atoms with Gasteiger partial charge in [0.2, 0.25) is 24.1 Å². The van der Waals surface area contributed by atoms with Crippen LogP contribution in [0.5, 0.6) is 0 Å². The predicted octanol–water partition coefficient (Wildman–Crippen LogP) is 5.32. The van der Waals surface area contributed by atoms with Crippen molar-refractivity contribution in [1.29, 1.82) is 10.8 Å². The number of hydrogen-bond donors (Lipinski definition) is 8. The van der Waals surface area contributed by atoms with E-state index >= 15 is 0 Å². The Labute approximate surface area is 376 Å². The number of rotatable bonds is 9. The van der Waals surface area contributed by atoms with Gasteiger partial charge in [0, 0.05) is 46.8 Å². The maximum absolute atomic E-state index is 12.5. The summed E-state index contributed by atoms with van der Waals surface area (Å²) < 4.78 is 0. The molecule has 8 N–H and O–H groups in total.